The van der Waals surface area contributed by atoms with E-state index in [1.807, 2.05) is 24.3 Å². The summed E-state index contributed by atoms with van der Waals surface area (Å²) in [6, 6.07) is 14.4. The number of amides is 1. The smallest absolute Gasteiger partial charge is 0.351 e. The van der Waals surface area contributed by atoms with E-state index in [9.17, 15) is 14.4 Å². The molecule has 0 saturated carbocycles. The second kappa shape index (κ2) is 7.70. The van der Waals surface area contributed by atoms with Gasteiger partial charge in [0.1, 0.15) is 5.82 Å². The lowest BCUT2D eigenvalue weighted by Crippen LogP contribution is -2.51. The van der Waals surface area contributed by atoms with Crippen molar-refractivity contribution in [2.75, 3.05) is 31.1 Å². The van der Waals surface area contributed by atoms with Crippen LogP contribution in [0.15, 0.2) is 64.3 Å². The number of benzene rings is 1. The average molecular weight is 392 g/mol. The molecule has 0 unspecified atom stereocenters. The maximum atomic E-state index is 13.0. The van der Waals surface area contributed by atoms with Crippen LogP contribution in [-0.2, 0) is 7.05 Å². The van der Waals surface area contributed by atoms with E-state index < -0.39 is 17.2 Å². The standard InChI is InChI=1S/C20H20N6O3/c1-23-18(27)17(22-26(20(23)29)15-7-3-2-4-8-15)19(28)25-13-11-24(12-14-25)16-9-5-6-10-21-16/h2-10H,11-14H2,1H3. The summed E-state index contributed by atoms with van der Waals surface area (Å²) in [6.45, 7) is 2.07. The summed E-state index contributed by atoms with van der Waals surface area (Å²) in [7, 11) is 1.35. The summed E-state index contributed by atoms with van der Waals surface area (Å²) in [5.74, 6) is 0.377. The van der Waals surface area contributed by atoms with Crippen molar-refractivity contribution in [2.24, 2.45) is 7.05 Å². The normalized spacial score (nSPS) is 14.1. The van der Waals surface area contributed by atoms with Gasteiger partial charge in [0.05, 0.1) is 5.69 Å². The SMILES string of the molecule is Cn1c(=O)c(C(=O)N2CCN(c3ccccn3)CC2)nn(-c2ccccc2)c1=O. The van der Waals surface area contributed by atoms with Crippen molar-refractivity contribution in [3.8, 4) is 5.69 Å². The van der Waals surface area contributed by atoms with Gasteiger partial charge < -0.3 is 9.80 Å². The van der Waals surface area contributed by atoms with Crippen LogP contribution < -0.4 is 16.1 Å². The van der Waals surface area contributed by atoms with Gasteiger partial charge in [0.15, 0.2) is 0 Å². The molecule has 1 amide bonds. The number of piperazine rings is 1. The van der Waals surface area contributed by atoms with Crippen LogP contribution >= 0.6 is 0 Å². The molecule has 0 N–H and O–H groups in total. The maximum Gasteiger partial charge on any atom is 0.351 e. The topological polar surface area (TPSA) is 93.3 Å². The van der Waals surface area contributed by atoms with E-state index in [0.717, 1.165) is 15.1 Å². The van der Waals surface area contributed by atoms with Crippen LogP contribution in [0.5, 0.6) is 0 Å². The Morgan fingerprint density at radius 2 is 1.62 bits per heavy atom. The number of nitrogens with zero attached hydrogens (tertiary/aromatic N) is 6. The first kappa shape index (κ1) is 18.6. The molecule has 0 aliphatic carbocycles. The first-order valence-electron chi connectivity index (χ1n) is 9.27. The quantitative estimate of drug-likeness (QED) is 0.636. The Morgan fingerprint density at radius 3 is 2.28 bits per heavy atom. The minimum absolute atomic E-state index is 0.262. The van der Waals surface area contributed by atoms with Crippen LogP contribution in [0.2, 0.25) is 0 Å². The number of aromatic nitrogens is 4. The minimum atomic E-state index is -0.695. The van der Waals surface area contributed by atoms with E-state index in [-0.39, 0.29) is 5.69 Å². The number of rotatable bonds is 3. The molecule has 3 aromatic rings. The van der Waals surface area contributed by atoms with Gasteiger partial charge in [0, 0.05) is 39.4 Å². The zero-order valence-corrected chi connectivity index (χ0v) is 15.9. The third-order valence-corrected chi connectivity index (χ3v) is 4.92. The second-order valence-corrected chi connectivity index (χ2v) is 6.71. The first-order valence-corrected chi connectivity index (χ1v) is 9.27. The highest BCUT2D eigenvalue weighted by Crippen LogP contribution is 2.13. The fourth-order valence-electron chi connectivity index (χ4n) is 3.27. The number of hydrogen-bond donors (Lipinski definition) is 0. The Hall–Kier alpha value is -3.75. The summed E-state index contributed by atoms with van der Waals surface area (Å²) >= 11 is 0. The molecule has 1 aliphatic heterocycles. The van der Waals surface area contributed by atoms with Gasteiger partial charge in [-0.15, -0.1) is 0 Å². The van der Waals surface area contributed by atoms with Crippen molar-refractivity contribution in [3.63, 3.8) is 0 Å². The highest BCUT2D eigenvalue weighted by molar-refractivity contribution is 5.92. The van der Waals surface area contributed by atoms with Crippen molar-refractivity contribution in [1.29, 1.82) is 0 Å². The molecule has 9 nitrogen and oxygen atoms in total. The zero-order valence-electron chi connectivity index (χ0n) is 15.9. The number of para-hydroxylation sites is 1. The Kier molecular flexibility index (Phi) is 4.94. The number of hydrogen-bond acceptors (Lipinski definition) is 6. The summed E-state index contributed by atoms with van der Waals surface area (Å²) in [6.07, 6.45) is 1.73. The summed E-state index contributed by atoms with van der Waals surface area (Å²) in [5.41, 5.74) is -1.07. The lowest BCUT2D eigenvalue weighted by atomic mass is 10.2. The molecule has 0 atom stereocenters. The van der Waals surface area contributed by atoms with Gasteiger partial charge >= 0.3 is 5.69 Å². The molecular formula is C20H20N6O3. The summed E-state index contributed by atoms with van der Waals surface area (Å²) < 4.78 is 2.00. The van der Waals surface area contributed by atoms with Gasteiger partial charge in [-0.25, -0.2) is 9.78 Å². The van der Waals surface area contributed by atoms with Crippen molar-refractivity contribution >= 4 is 11.7 Å². The van der Waals surface area contributed by atoms with Crippen LogP contribution in [-0.4, -0.2) is 56.3 Å². The zero-order chi connectivity index (χ0) is 20.4. The second-order valence-electron chi connectivity index (χ2n) is 6.71. The molecule has 1 saturated heterocycles. The molecule has 1 aromatic carbocycles. The Balaban J connectivity index is 1.60. The minimum Gasteiger partial charge on any atom is -0.353 e. The molecule has 148 valence electrons. The Bertz CT molecular complexity index is 1130. The molecule has 3 heterocycles. The molecule has 9 heteroatoms. The molecule has 1 fully saturated rings. The van der Waals surface area contributed by atoms with E-state index in [1.54, 1.807) is 35.4 Å². The lowest BCUT2D eigenvalue weighted by molar-refractivity contribution is 0.0735. The van der Waals surface area contributed by atoms with Crippen LogP contribution in [0, 0.1) is 0 Å². The molecule has 1 aliphatic rings. The molecule has 0 spiro atoms. The van der Waals surface area contributed by atoms with E-state index in [1.165, 1.54) is 7.05 Å². The monoisotopic (exact) mass is 392 g/mol. The lowest BCUT2D eigenvalue weighted by Gasteiger charge is -2.35. The number of carbonyl (C=O) groups is 1. The number of carbonyl (C=O) groups excluding carboxylic acids is 1. The maximum absolute atomic E-state index is 13.0. The van der Waals surface area contributed by atoms with E-state index in [2.05, 4.69) is 15.0 Å². The van der Waals surface area contributed by atoms with Gasteiger partial charge in [0.2, 0.25) is 5.69 Å². The average Bonchev–Trinajstić information content (AvgIpc) is 2.78. The van der Waals surface area contributed by atoms with Crippen LogP contribution in [0.4, 0.5) is 5.82 Å². The van der Waals surface area contributed by atoms with Gasteiger partial charge in [-0.05, 0) is 24.3 Å². The highest BCUT2D eigenvalue weighted by atomic mass is 16.2. The van der Waals surface area contributed by atoms with Gasteiger partial charge in [-0.2, -0.15) is 9.78 Å². The predicted molar refractivity (Wildman–Crippen MR) is 107 cm³/mol. The van der Waals surface area contributed by atoms with Crippen LogP contribution in [0.25, 0.3) is 5.69 Å². The molecule has 0 bridgehead atoms. The summed E-state index contributed by atoms with van der Waals surface area (Å²) in [5, 5.41) is 4.11. The molecule has 29 heavy (non-hydrogen) atoms. The number of anilines is 1. The summed E-state index contributed by atoms with van der Waals surface area (Å²) in [4.78, 5) is 46.0. The van der Waals surface area contributed by atoms with Crippen molar-refractivity contribution < 1.29 is 4.79 Å². The Morgan fingerprint density at radius 1 is 0.931 bits per heavy atom. The van der Waals surface area contributed by atoms with Gasteiger partial charge in [-0.3, -0.25) is 14.2 Å². The molecule has 0 radical (unpaired) electrons. The predicted octanol–water partition coefficient (Wildman–Crippen LogP) is 0.289. The van der Waals surface area contributed by atoms with E-state index in [0.29, 0.717) is 31.9 Å². The van der Waals surface area contributed by atoms with Gasteiger partial charge in [-0.1, -0.05) is 24.3 Å². The van der Waals surface area contributed by atoms with E-state index in [4.69, 9.17) is 0 Å². The van der Waals surface area contributed by atoms with Crippen molar-refractivity contribution in [2.45, 2.75) is 0 Å². The van der Waals surface area contributed by atoms with Crippen molar-refractivity contribution in [3.05, 3.63) is 81.3 Å². The molecular weight excluding hydrogens is 372 g/mol. The van der Waals surface area contributed by atoms with Crippen LogP contribution in [0.3, 0.4) is 0 Å². The Labute approximate surface area is 166 Å². The molecule has 2 aromatic heterocycles. The number of pyridine rings is 1. The largest absolute Gasteiger partial charge is 0.353 e. The van der Waals surface area contributed by atoms with Crippen LogP contribution in [0.1, 0.15) is 10.5 Å². The highest BCUT2D eigenvalue weighted by Gasteiger charge is 2.27. The third-order valence-electron chi connectivity index (χ3n) is 4.92. The fraction of sp³-hybridized carbons (Fsp3) is 0.250. The first-order chi connectivity index (χ1) is 14.1. The molecule has 4 rings (SSSR count). The van der Waals surface area contributed by atoms with E-state index >= 15 is 0 Å². The van der Waals surface area contributed by atoms with Gasteiger partial charge in [0.25, 0.3) is 11.5 Å². The third kappa shape index (κ3) is 3.54. The van der Waals surface area contributed by atoms with Crippen molar-refractivity contribution in [1.82, 2.24) is 24.2 Å². The fourth-order valence-corrected chi connectivity index (χ4v) is 3.27.